The molecule has 0 aliphatic heterocycles. The third kappa shape index (κ3) is 6.61. The van der Waals surface area contributed by atoms with Crippen LogP contribution in [0.4, 0.5) is 13.2 Å². The second-order valence-electron chi connectivity index (χ2n) is 6.47. The van der Waals surface area contributed by atoms with Gasteiger partial charge in [-0.25, -0.2) is 0 Å². The maximum absolute atomic E-state index is 12.9. The van der Waals surface area contributed by atoms with Gasteiger partial charge in [-0.3, -0.25) is 4.99 Å². The zero-order valence-electron chi connectivity index (χ0n) is 15.0. The molecule has 3 N–H and O–H groups in total. The highest BCUT2D eigenvalue weighted by Crippen LogP contribution is 2.30. The molecule has 0 amide bonds. The van der Waals surface area contributed by atoms with Crippen LogP contribution in [0.25, 0.3) is 0 Å². The van der Waals surface area contributed by atoms with Gasteiger partial charge in [0.25, 0.3) is 0 Å². The van der Waals surface area contributed by atoms with E-state index in [0.29, 0.717) is 24.6 Å². The standard InChI is InChI=1S/C18H26F3N3O.HI/c1-3-22-17(23-11-14-7-5-9-16(14)25)24-12(2)13-6-4-8-15(10-13)18(19,20)21;/h4,6,8,10,12,14,16,25H,3,5,7,9,11H2,1-2H3,(H2,22,23,24);1H. The van der Waals surface area contributed by atoms with Crippen molar-refractivity contribution in [1.82, 2.24) is 10.6 Å². The van der Waals surface area contributed by atoms with E-state index in [9.17, 15) is 18.3 Å². The Morgan fingerprint density at radius 3 is 2.65 bits per heavy atom. The van der Waals surface area contributed by atoms with E-state index in [1.165, 1.54) is 6.07 Å². The largest absolute Gasteiger partial charge is 0.416 e. The van der Waals surface area contributed by atoms with Crippen LogP contribution in [-0.2, 0) is 6.18 Å². The van der Waals surface area contributed by atoms with Crippen LogP contribution in [0.3, 0.4) is 0 Å². The fraction of sp³-hybridized carbons (Fsp3) is 0.611. The highest BCUT2D eigenvalue weighted by Gasteiger charge is 2.30. The Morgan fingerprint density at radius 1 is 1.35 bits per heavy atom. The molecular weight excluding hydrogens is 458 g/mol. The Labute approximate surface area is 169 Å². The zero-order valence-corrected chi connectivity index (χ0v) is 17.3. The van der Waals surface area contributed by atoms with Crippen LogP contribution in [0.1, 0.15) is 50.3 Å². The second kappa shape index (κ2) is 10.3. The minimum Gasteiger partial charge on any atom is -0.393 e. The molecule has 1 aromatic rings. The van der Waals surface area contributed by atoms with Crippen LogP contribution in [-0.4, -0.2) is 30.3 Å². The van der Waals surface area contributed by atoms with Crippen molar-refractivity contribution in [1.29, 1.82) is 0 Å². The van der Waals surface area contributed by atoms with E-state index in [-0.39, 0.29) is 42.0 Å². The summed E-state index contributed by atoms with van der Waals surface area (Å²) in [5.41, 5.74) is -0.115. The molecule has 0 saturated heterocycles. The number of nitrogens with zero attached hydrogens (tertiary/aromatic N) is 1. The van der Waals surface area contributed by atoms with E-state index >= 15 is 0 Å². The van der Waals surface area contributed by atoms with Gasteiger partial charge >= 0.3 is 6.18 Å². The van der Waals surface area contributed by atoms with E-state index in [1.807, 2.05) is 6.92 Å². The molecule has 1 aliphatic carbocycles. The first-order valence-corrected chi connectivity index (χ1v) is 8.71. The summed E-state index contributed by atoms with van der Waals surface area (Å²) in [7, 11) is 0. The third-order valence-corrected chi connectivity index (χ3v) is 4.51. The number of rotatable bonds is 5. The lowest BCUT2D eigenvalue weighted by molar-refractivity contribution is -0.137. The molecule has 0 radical (unpaired) electrons. The van der Waals surface area contributed by atoms with Gasteiger partial charge in [-0.05, 0) is 44.4 Å². The quantitative estimate of drug-likeness (QED) is 0.335. The number of alkyl halides is 3. The van der Waals surface area contributed by atoms with Crippen LogP contribution < -0.4 is 10.6 Å². The smallest absolute Gasteiger partial charge is 0.393 e. The van der Waals surface area contributed by atoms with E-state index < -0.39 is 11.7 Å². The molecule has 2 rings (SSSR count). The van der Waals surface area contributed by atoms with E-state index in [0.717, 1.165) is 31.4 Å². The molecule has 1 saturated carbocycles. The molecule has 26 heavy (non-hydrogen) atoms. The first-order chi connectivity index (χ1) is 11.8. The van der Waals surface area contributed by atoms with Gasteiger partial charge < -0.3 is 15.7 Å². The van der Waals surface area contributed by atoms with Crippen LogP contribution in [0.15, 0.2) is 29.3 Å². The SMILES string of the molecule is CCNC(=NCC1CCCC1O)NC(C)c1cccc(C(F)(F)F)c1.I. The fourth-order valence-electron chi connectivity index (χ4n) is 3.03. The van der Waals surface area contributed by atoms with Crippen molar-refractivity contribution in [3.8, 4) is 0 Å². The van der Waals surface area contributed by atoms with Gasteiger partial charge in [0.2, 0.25) is 0 Å². The summed E-state index contributed by atoms with van der Waals surface area (Å²) < 4.78 is 38.6. The number of aliphatic hydroxyl groups excluding tert-OH is 1. The molecule has 4 nitrogen and oxygen atoms in total. The zero-order chi connectivity index (χ0) is 18.4. The Kier molecular flexibility index (Phi) is 9.15. The molecule has 8 heteroatoms. The van der Waals surface area contributed by atoms with Crippen molar-refractivity contribution in [3.05, 3.63) is 35.4 Å². The molecule has 3 atom stereocenters. The number of halogens is 4. The van der Waals surface area contributed by atoms with Crippen LogP contribution in [0.2, 0.25) is 0 Å². The summed E-state index contributed by atoms with van der Waals surface area (Å²) >= 11 is 0. The van der Waals surface area contributed by atoms with Gasteiger partial charge in [-0.2, -0.15) is 13.2 Å². The average Bonchev–Trinajstić information content (AvgIpc) is 2.97. The number of hydrogen-bond acceptors (Lipinski definition) is 2. The summed E-state index contributed by atoms with van der Waals surface area (Å²) in [6, 6.07) is 4.97. The van der Waals surface area contributed by atoms with Crippen molar-refractivity contribution in [3.63, 3.8) is 0 Å². The molecule has 1 aliphatic rings. The maximum Gasteiger partial charge on any atom is 0.416 e. The van der Waals surface area contributed by atoms with Crippen LogP contribution >= 0.6 is 24.0 Å². The number of benzene rings is 1. The third-order valence-electron chi connectivity index (χ3n) is 4.51. The number of guanidine groups is 1. The summed E-state index contributed by atoms with van der Waals surface area (Å²) in [5.74, 6) is 0.700. The monoisotopic (exact) mass is 485 g/mol. The van der Waals surface area contributed by atoms with Gasteiger partial charge in [-0.15, -0.1) is 24.0 Å². The molecule has 1 fully saturated rings. The summed E-state index contributed by atoms with van der Waals surface area (Å²) in [4.78, 5) is 4.49. The minimum absolute atomic E-state index is 0. The van der Waals surface area contributed by atoms with Gasteiger partial charge in [-0.1, -0.05) is 18.6 Å². The van der Waals surface area contributed by atoms with E-state index in [4.69, 9.17) is 0 Å². The number of aliphatic hydroxyl groups is 1. The van der Waals surface area contributed by atoms with Crippen molar-refractivity contribution < 1.29 is 18.3 Å². The molecular formula is C18H27F3IN3O. The van der Waals surface area contributed by atoms with Crippen LogP contribution in [0.5, 0.6) is 0 Å². The number of aliphatic imine (C=N–C) groups is 1. The molecule has 1 aromatic carbocycles. The van der Waals surface area contributed by atoms with Gasteiger partial charge in [0, 0.05) is 19.0 Å². The summed E-state index contributed by atoms with van der Waals surface area (Å²) in [6.07, 6.45) is -1.90. The van der Waals surface area contributed by atoms with Gasteiger partial charge in [0.15, 0.2) is 5.96 Å². The molecule has 0 spiro atoms. The Balaban J connectivity index is 0.00000338. The molecule has 0 bridgehead atoms. The lowest BCUT2D eigenvalue weighted by atomic mass is 10.0. The lowest BCUT2D eigenvalue weighted by Crippen LogP contribution is -2.39. The Morgan fingerprint density at radius 2 is 2.08 bits per heavy atom. The molecule has 148 valence electrons. The lowest BCUT2D eigenvalue weighted by Gasteiger charge is -2.20. The van der Waals surface area contributed by atoms with Gasteiger partial charge in [0.05, 0.1) is 17.7 Å². The highest BCUT2D eigenvalue weighted by atomic mass is 127. The topological polar surface area (TPSA) is 56.7 Å². The van der Waals surface area contributed by atoms with Crippen LogP contribution in [0, 0.1) is 5.92 Å². The van der Waals surface area contributed by atoms with E-state index in [2.05, 4.69) is 15.6 Å². The number of nitrogens with one attached hydrogen (secondary N) is 2. The molecule has 0 heterocycles. The van der Waals surface area contributed by atoms with Crippen molar-refractivity contribution in [2.75, 3.05) is 13.1 Å². The van der Waals surface area contributed by atoms with Crippen molar-refractivity contribution in [2.24, 2.45) is 10.9 Å². The molecule has 3 unspecified atom stereocenters. The normalized spacial score (nSPS) is 21.8. The fourth-order valence-corrected chi connectivity index (χ4v) is 3.03. The van der Waals surface area contributed by atoms with E-state index in [1.54, 1.807) is 13.0 Å². The van der Waals surface area contributed by atoms with Crippen molar-refractivity contribution in [2.45, 2.75) is 51.4 Å². The predicted octanol–water partition coefficient (Wildman–Crippen LogP) is 4.10. The second-order valence-corrected chi connectivity index (χ2v) is 6.47. The van der Waals surface area contributed by atoms with Crippen molar-refractivity contribution >= 4 is 29.9 Å². The first kappa shape index (κ1) is 23.0. The highest BCUT2D eigenvalue weighted by molar-refractivity contribution is 14.0. The van der Waals surface area contributed by atoms with Gasteiger partial charge in [0.1, 0.15) is 0 Å². The molecule has 0 aromatic heterocycles. The summed E-state index contributed by atoms with van der Waals surface area (Å²) in [6.45, 7) is 4.88. The average molecular weight is 485 g/mol. The predicted molar refractivity (Wildman–Crippen MR) is 108 cm³/mol. The minimum atomic E-state index is -4.35. The Hall–Kier alpha value is -1.03. The number of hydrogen-bond donors (Lipinski definition) is 3. The maximum atomic E-state index is 12.9. The Bertz CT molecular complexity index is 595. The first-order valence-electron chi connectivity index (χ1n) is 8.71. The summed E-state index contributed by atoms with van der Waals surface area (Å²) in [5, 5.41) is 16.1.